The maximum absolute atomic E-state index is 9.07. The van der Waals surface area contributed by atoms with Gasteiger partial charge in [-0.15, -0.1) is 0 Å². The van der Waals surface area contributed by atoms with E-state index >= 15 is 0 Å². The second-order valence-electron chi connectivity index (χ2n) is 4.20. The molecule has 0 saturated heterocycles. The molecule has 0 aliphatic rings. The molecule has 90 valence electrons. The Morgan fingerprint density at radius 1 is 1.25 bits per heavy atom. The number of hydrogen-bond donors (Lipinski definition) is 3. The Morgan fingerprint density at radius 3 is 2.56 bits per heavy atom. The van der Waals surface area contributed by atoms with Gasteiger partial charge in [-0.1, -0.05) is 23.8 Å². The van der Waals surface area contributed by atoms with Crippen molar-refractivity contribution in [3.05, 3.63) is 34.9 Å². The minimum absolute atomic E-state index is 0.0225. The lowest BCUT2D eigenvalue weighted by atomic mass is 10.1. The molecule has 1 aromatic carbocycles. The number of hydrogen-bond acceptors (Lipinski definition) is 3. The highest BCUT2D eigenvalue weighted by Gasteiger charge is 2.06. The largest absolute Gasteiger partial charge is 0.396 e. The van der Waals surface area contributed by atoms with Crippen molar-refractivity contribution < 1.29 is 10.2 Å². The molecule has 3 N–H and O–H groups in total. The van der Waals surface area contributed by atoms with E-state index in [1.54, 1.807) is 0 Å². The van der Waals surface area contributed by atoms with Gasteiger partial charge in [-0.25, -0.2) is 0 Å². The van der Waals surface area contributed by atoms with E-state index in [4.69, 9.17) is 10.2 Å². The Kier molecular flexibility index (Phi) is 5.46. The summed E-state index contributed by atoms with van der Waals surface area (Å²) in [4.78, 5) is 0. The first-order chi connectivity index (χ1) is 7.67. The SMILES string of the molecule is Cc1ccc(CNC(CO)CCO)c(C)c1. The van der Waals surface area contributed by atoms with Crippen LogP contribution in [-0.4, -0.2) is 29.5 Å². The average Bonchev–Trinajstić information content (AvgIpc) is 2.26. The highest BCUT2D eigenvalue weighted by Crippen LogP contribution is 2.10. The van der Waals surface area contributed by atoms with E-state index in [1.807, 2.05) is 0 Å². The Morgan fingerprint density at radius 2 is 2.00 bits per heavy atom. The van der Waals surface area contributed by atoms with Crippen molar-refractivity contribution in [3.63, 3.8) is 0 Å². The van der Waals surface area contributed by atoms with Crippen LogP contribution < -0.4 is 5.32 Å². The van der Waals surface area contributed by atoms with Gasteiger partial charge in [0.05, 0.1) is 6.61 Å². The molecule has 3 nitrogen and oxygen atoms in total. The smallest absolute Gasteiger partial charge is 0.0585 e. The van der Waals surface area contributed by atoms with Gasteiger partial charge in [-0.3, -0.25) is 0 Å². The summed E-state index contributed by atoms with van der Waals surface area (Å²) in [6.07, 6.45) is 0.585. The molecule has 0 amide bonds. The van der Waals surface area contributed by atoms with Crippen LogP contribution in [0.25, 0.3) is 0 Å². The molecule has 3 heteroatoms. The van der Waals surface area contributed by atoms with Crippen LogP contribution in [-0.2, 0) is 6.54 Å². The summed E-state index contributed by atoms with van der Waals surface area (Å²) in [6, 6.07) is 6.32. The van der Waals surface area contributed by atoms with Crippen LogP contribution in [0.4, 0.5) is 0 Å². The van der Waals surface area contributed by atoms with E-state index in [0.29, 0.717) is 6.42 Å². The van der Waals surface area contributed by atoms with Gasteiger partial charge >= 0.3 is 0 Å². The average molecular weight is 223 g/mol. The van der Waals surface area contributed by atoms with Gasteiger partial charge in [0.15, 0.2) is 0 Å². The van der Waals surface area contributed by atoms with Crippen molar-refractivity contribution in [2.75, 3.05) is 13.2 Å². The van der Waals surface area contributed by atoms with Gasteiger partial charge in [0.2, 0.25) is 0 Å². The topological polar surface area (TPSA) is 52.5 Å². The van der Waals surface area contributed by atoms with Crippen LogP contribution in [0.2, 0.25) is 0 Å². The molecule has 0 aliphatic carbocycles. The van der Waals surface area contributed by atoms with Crippen LogP contribution in [0.3, 0.4) is 0 Å². The van der Waals surface area contributed by atoms with Crippen LogP contribution in [0.5, 0.6) is 0 Å². The molecular formula is C13H21NO2. The van der Waals surface area contributed by atoms with Gasteiger partial charge < -0.3 is 15.5 Å². The molecular weight excluding hydrogens is 202 g/mol. The first-order valence-corrected chi connectivity index (χ1v) is 5.68. The van der Waals surface area contributed by atoms with E-state index in [0.717, 1.165) is 6.54 Å². The number of aryl methyl sites for hydroxylation is 2. The Hall–Kier alpha value is -0.900. The predicted molar refractivity (Wildman–Crippen MR) is 65.3 cm³/mol. The summed E-state index contributed by atoms with van der Waals surface area (Å²) in [7, 11) is 0. The Balaban J connectivity index is 2.53. The van der Waals surface area contributed by atoms with Gasteiger partial charge in [-0.05, 0) is 31.4 Å². The van der Waals surface area contributed by atoms with Crippen molar-refractivity contribution in [1.82, 2.24) is 5.32 Å². The number of benzene rings is 1. The molecule has 0 aliphatic heterocycles. The monoisotopic (exact) mass is 223 g/mol. The lowest BCUT2D eigenvalue weighted by Crippen LogP contribution is -2.33. The fourth-order valence-corrected chi connectivity index (χ4v) is 1.71. The lowest BCUT2D eigenvalue weighted by Gasteiger charge is -2.16. The van der Waals surface area contributed by atoms with Crippen LogP contribution in [0, 0.1) is 13.8 Å². The summed E-state index contributed by atoms with van der Waals surface area (Å²) in [5.74, 6) is 0. The third-order valence-corrected chi connectivity index (χ3v) is 2.78. The van der Waals surface area contributed by atoms with Crippen LogP contribution in [0.1, 0.15) is 23.1 Å². The zero-order chi connectivity index (χ0) is 12.0. The van der Waals surface area contributed by atoms with Crippen molar-refractivity contribution in [2.24, 2.45) is 0 Å². The molecule has 0 bridgehead atoms. The second kappa shape index (κ2) is 6.63. The lowest BCUT2D eigenvalue weighted by molar-refractivity contribution is 0.200. The number of aliphatic hydroxyl groups is 2. The molecule has 0 fully saturated rings. The number of nitrogens with one attached hydrogen (secondary N) is 1. The third kappa shape index (κ3) is 3.93. The van der Waals surface area contributed by atoms with E-state index < -0.39 is 0 Å². The third-order valence-electron chi connectivity index (χ3n) is 2.78. The molecule has 16 heavy (non-hydrogen) atoms. The van der Waals surface area contributed by atoms with Gasteiger partial charge in [0.25, 0.3) is 0 Å². The summed E-state index contributed by atoms with van der Waals surface area (Å²) >= 11 is 0. The maximum atomic E-state index is 9.07. The second-order valence-corrected chi connectivity index (χ2v) is 4.20. The molecule has 1 unspecified atom stereocenters. The van der Waals surface area contributed by atoms with Gasteiger partial charge in [-0.2, -0.15) is 0 Å². The normalized spacial score (nSPS) is 12.8. The van der Waals surface area contributed by atoms with E-state index in [-0.39, 0.29) is 19.3 Å². The molecule has 1 aromatic rings. The molecule has 0 spiro atoms. The minimum Gasteiger partial charge on any atom is -0.396 e. The predicted octanol–water partition coefficient (Wildman–Crippen LogP) is 1.14. The number of rotatable bonds is 6. The van der Waals surface area contributed by atoms with Crippen LogP contribution >= 0.6 is 0 Å². The molecule has 0 radical (unpaired) electrons. The molecule has 1 atom stereocenters. The fourth-order valence-electron chi connectivity index (χ4n) is 1.71. The molecule has 1 rings (SSSR count). The van der Waals surface area contributed by atoms with Crippen molar-refractivity contribution in [1.29, 1.82) is 0 Å². The van der Waals surface area contributed by atoms with E-state index in [1.165, 1.54) is 16.7 Å². The van der Waals surface area contributed by atoms with Crippen molar-refractivity contribution in [3.8, 4) is 0 Å². The molecule has 0 saturated carbocycles. The first kappa shape index (κ1) is 13.2. The van der Waals surface area contributed by atoms with Crippen molar-refractivity contribution in [2.45, 2.75) is 32.9 Å². The standard InChI is InChI=1S/C13H21NO2/c1-10-3-4-12(11(2)7-10)8-14-13(9-16)5-6-15/h3-4,7,13-16H,5-6,8-9H2,1-2H3. The fraction of sp³-hybridized carbons (Fsp3) is 0.538. The maximum Gasteiger partial charge on any atom is 0.0585 e. The van der Waals surface area contributed by atoms with Crippen LogP contribution in [0.15, 0.2) is 18.2 Å². The minimum atomic E-state index is -0.0225. The van der Waals surface area contributed by atoms with E-state index in [9.17, 15) is 0 Å². The Labute approximate surface area is 97.1 Å². The Bertz CT molecular complexity index is 326. The summed E-state index contributed by atoms with van der Waals surface area (Å²) in [5.41, 5.74) is 3.76. The highest BCUT2D eigenvalue weighted by atomic mass is 16.3. The molecule has 0 heterocycles. The summed E-state index contributed by atoms with van der Waals surface area (Å²) in [6.45, 7) is 5.06. The summed E-state index contributed by atoms with van der Waals surface area (Å²) < 4.78 is 0. The summed E-state index contributed by atoms with van der Waals surface area (Å²) in [5, 5.41) is 21.1. The van der Waals surface area contributed by atoms with Gasteiger partial charge in [0, 0.05) is 19.2 Å². The molecule has 0 aromatic heterocycles. The number of aliphatic hydroxyl groups excluding tert-OH is 2. The first-order valence-electron chi connectivity index (χ1n) is 5.68. The van der Waals surface area contributed by atoms with E-state index in [2.05, 4.69) is 37.4 Å². The zero-order valence-corrected chi connectivity index (χ0v) is 10.0. The van der Waals surface area contributed by atoms with Crippen molar-refractivity contribution >= 4 is 0 Å². The zero-order valence-electron chi connectivity index (χ0n) is 10.0. The highest BCUT2D eigenvalue weighted by molar-refractivity contribution is 5.30. The van der Waals surface area contributed by atoms with Gasteiger partial charge in [0.1, 0.15) is 0 Å². The quantitative estimate of drug-likeness (QED) is 0.678.